The molecule has 66 valence electrons. The Morgan fingerprint density at radius 3 is 2.45 bits per heavy atom. The summed E-state index contributed by atoms with van der Waals surface area (Å²) in [7, 11) is 0. The zero-order chi connectivity index (χ0) is 8.10. The molecular formula is C8H17NO2. The van der Waals surface area contributed by atoms with E-state index in [-0.39, 0.29) is 12.7 Å². The quantitative estimate of drug-likeness (QED) is 0.600. The van der Waals surface area contributed by atoms with E-state index in [1.807, 2.05) is 0 Å². The van der Waals surface area contributed by atoms with Crippen molar-refractivity contribution < 1.29 is 10.2 Å². The average Bonchev–Trinajstić information content (AvgIpc) is 2.04. The summed E-state index contributed by atoms with van der Waals surface area (Å²) in [5, 5.41) is 17.7. The highest BCUT2D eigenvalue weighted by atomic mass is 16.3. The van der Waals surface area contributed by atoms with E-state index >= 15 is 0 Å². The van der Waals surface area contributed by atoms with E-state index in [2.05, 4.69) is 4.90 Å². The molecule has 1 aliphatic rings. The van der Waals surface area contributed by atoms with E-state index in [1.165, 1.54) is 0 Å². The Hall–Kier alpha value is -0.120. The van der Waals surface area contributed by atoms with Gasteiger partial charge in [0.25, 0.3) is 0 Å². The van der Waals surface area contributed by atoms with Crippen LogP contribution in [0.25, 0.3) is 0 Å². The van der Waals surface area contributed by atoms with E-state index in [1.54, 1.807) is 0 Å². The van der Waals surface area contributed by atoms with Gasteiger partial charge in [-0.15, -0.1) is 0 Å². The second kappa shape index (κ2) is 4.70. The second-order valence-corrected chi connectivity index (χ2v) is 3.15. The van der Waals surface area contributed by atoms with Gasteiger partial charge in [0.2, 0.25) is 0 Å². The summed E-state index contributed by atoms with van der Waals surface area (Å²) in [6, 6.07) is 0. The van der Waals surface area contributed by atoms with Crippen molar-refractivity contribution >= 4 is 0 Å². The number of aliphatic hydroxyl groups is 2. The molecule has 0 amide bonds. The van der Waals surface area contributed by atoms with E-state index in [9.17, 15) is 5.11 Å². The third-order valence-electron chi connectivity index (χ3n) is 2.19. The smallest absolute Gasteiger partial charge is 0.0564 e. The molecule has 0 aromatic carbocycles. The van der Waals surface area contributed by atoms with Crippen LogP contribution in [0.3, 0.4) is 0 Å². The van der Waals surface area contributed by atoms with Gasteiger partial charge < -0.3 is 15.1 Å². The minimum atomic E-state index is -0.0830. The van der Waals surface area contributed by atoms with Gasteiger partial charge in [0.05, 0.1) is 6.10 Å². The molecule has 0 aromatic heterocycles. The van der Waals surface area contributed by atoms with Gasteiger partial charge in [-0.05, 0) is 19.3 Å². The lowest BCUT2D eigenvalue weighted by Crippen LogP contribution is -2.36. The first kappa shape index (κ1) is 8.97. The van der Waals surface area contributed by atoms with Gasteiger partial charge in [0, 0.05) is 26.2 Å². The van der Waals surface area contributed by atoms with Crippen molar-refractivity contribution in [3.63, 3.8) is 0 Å². The van der Waals surface area contributed by atoms with Crippen LogP contribution in [0.15, 0.2) is 0 Å². The minimum Gasteiger partial charge on any atom is -0.396 e. The molecule has 1 saturated heterocycles. The fourth-order valence-electron chi connectivity index (χ4n) is 1.44. The lowest BCUT2D eigenvalue weighted by molar-refractivity contribution is 0.0794. The summed E-state index contributed by atoms with van der Waals surface area (Å²) in [6.45, 7) is 3.23. The zero-order valence-electron chi connectivity index (χ0n) is 6.87. The highest BCUT2D eigenvalue weighted by Gasteiger charge is 2.15. The fourth-order valence-corrected chi connectivity index (χ4v) is 1.44. The Morgan fingerprint density at radius 1 is 1.27 bits per heavy atom. The Morgan fingerprint density at radius 2 is 1.91 bits per heavy atom. The molecule has 0 saturated carbocycles. The number of piperidine rings is 1. The lowest BCUT2D eigenvalue weighted by atomic mass is 10.1. The normalized spacial score (nSPS) is 22.4. The van der Waals surface area contributed by atoms with Crippen molar-refractivity contribution in [3.05, 3.63) is 0 Å². The van der Waals surface area contributed by atoms with Crippen LogP contribution in [0.4, 0.5) is 0 Å². The summed E-state index contributed by atoms with van der Waals surface area (Å²) in [5.41, 5.74) is 0. The molecule has 3 nitrogen and oxygen atoms in total. The molecule has 2 N–H and O–H groups in total. The third kappa shape index (κ3) is 3.18. The summed E-state index contributed by atoms with van der Waals surface area (Å²) in [6.07, 6.45) is 2.56. The van der Waals surface area contributed by atoms with Crippen LogP contribution in [-0.2, 0) is 0 Å². The number of likely N-dealkylation sites (tertiary alicyclic amines) is 1. The first-order chi connectivity index (χ1) is 5.33. The zero-order valence-corrected chi connectivity index (χ0v) is 6.87. The first-order valence-electron chi connectivity index (χ1n) is 4.34. The predicted octanol–water partition coefficient (Wildman–Crippen LogP) is -0.175. The van der Waals surface area contributed by atoms with Crippen LogP contribution >= 0.6 is 0 Å². The Kier molecular flexibility index (Phi) is 3.83. The highest BCUT2D eigenvalue weighted by molar-refractivity contribution is 4.70. The van der Waals surface area contributed by atoms with Crippen LogP contribution in [0.2, 0.25) is 0 Å². The predicted molar refractivity (Wildman–Crippen MR) is 43.4 cm³/mol. The van der Waals surface area contributed by atoms with Crippen molar-refractivity contribution in [2.24, 2.45) is 0 Å². The van der Waals surface area contributed by atoms with Gasteiger partial charge in [-0.2, -0.15) is 0 Å². The molecule has 0 aliphatic carbocycles. The van der Waals surface area contributed by atoms with Gasteiger partial charge in [0.1, 0.15) is 0 Å². The minimum absolute atomic E-state index is 0.0830. The molecule has 0 aromatic rings. The Balaban J connectivity index is 2.07. The molecule has 11 heavy (non-hydrogen) atoms. The number of hydrogen-bond acceptors (Lipinski definition) is 3. The van der Waals surface area contributed by atoms with E-state index in [4.69, 9.17) is 5.11 Å². The molecule has 1 fully saturated rings. The van der Waals surface area contributed by atoms with Crippen molar-refractivity contribution in [1.82, 2.24) is 4.90 Å². The molecular weight excluding hydrogens is 142 g/mol. The van der Waals surface area contributed by atoms with Crippen molar-refractivity contribution in [1.29, 1.82) is 0 Å². The first-order valence-corrected chi connectivity index (χ1v) is 4.34. The van der Waals surface area contributed by atoms with Crippen molar-refractivity contribution in [3.8, 4) is 0 Å². The van der Waals surface area contributed by atoms with Crippen molar-refractivity contribution in [2.75, 3.05) is 26.2 Å². The summed E-state index contributed by atoms with van der Waals surface area (Å²) in [5.74, 6) is 0. The van der Waals surface area contributed by atoms with Gasteiger partial charge in [-0.1, -0.05) is 0 Å². The van der Waals surface area contributed by atoms with Gasteiger partial charge in [0.15, 0.2) is 0 Å². The fraction of sp³-hybridized carbons (Fsp3) is 1.00. The standard InChI is InChI=1S/C8H17NO2/c10-7-1-4-9-5-2-8(11)3-6-9/h8,10-11H,1-7H2. The summed E-state index contributed by atoms with van der Waals surface area (Å²) in [4.78, 5) is 2.29. The molecule has 1 aliphatic heterocycles. The summed E-state index contributed by atoms with van der Waals surface area (Å²) >= 11 is 0. The van der Waals surface area contributed by atoms with Gasteiger partial charge in [-0.3, -0.25) is 0 Å². The molecule has 0 spiro atoms. The molecule has 3 heteroatoms. The molecule has 1 rings (SSSR count). The monoisotopic (exact) mass is 159 g/mol. The average molecular weight is 159 g/mol. The largest absolute Gasteiger partial charge is 0.396 e. The molecule has 0 radical (unpaired) electrons. The summed E-state index contributed by atoms with van der Waals surface area (Å²) < 4.78 is 0. The third-order valence-corrected chi connectivity index (χ3v) is 2.19. The van der Waals surface area contributed by atoms with Crippen LogP contribution < -0.4 is 0 Å². The van der Waals surface area contributed by atoms with Gasteiger partial charge in [-0.25, -0.2) is 0 Å². The maximum atomic E-state index is 9.18. The highest BCUT2D eigenvalue weighted by Crippen LogP contribution is 2.09. The van der Waals surface area contributed by atoms with E-state index < -0.39 is 0 Å². The Labute approximate surface area is 67.6 Å². The van der Waals surface area contributed by atoms with Gasteiger partial charge >= 0.3 is 0 Å². The molecule has 0 atom stereocenters. The maximum absolute atomic E-state index is 9.18. The van der Waals surface area contributed by atoms with Crippen LogP contribution in [-0.4, -0.2) is 47.5 Å². The molecule has 0 bridgehead atoms. The van der Waals surface area contributed by atoms with E-state index in [0.717, 1.165) is 38.9 Å². The van der Waals surface area contributed by atoms with Crippen LogP contribution in [0.1, 0.15) is 19.3 Å². The number of nitrogens with zero attached hydrogens (tertiary/aromatic N) is 1. The Bertz CT molecular complexity index is 97.5. The number of hydrogen-bond donors (Lipinski definition) is 2. The lowest BCUT2D eigenvalue weighted by Gasteiger charge is -2.29. The molecule has 0 unspecified atom stereocenters. The number of aliphatic hydroxyl groups excluding tert-OH is 2. The van der Waals surface area contributed by atoms with Crippen LogP contribution in [0.5, 0.6) is 0 Å². The van der Waals surface area contributed by atoms with E-state index in [0.29, 0.717) is 0 Å². The molecule has 1 heterocycles. The maximum Gasteiger partial charge on any atom is 0.0564 e. The topological polar surface area (TPSA) is 43.7 Å². The number of rotatable bonds is 3. The van der Waals surface area contributed by atoms with Crippen LogP contribution in [0, 0.1) is 0 Å². The second-order valence-electron chi connectivity index (χ2n) is 3.15. The van der Waals surface area contributed by atoms with Crippen molar-refractivity contribution in [2.45, 2.75) is 25.4 Å². The SMILES string of the molecule is OCCCN1CCC(O)CC1.